The molecule has 2 heterocycles. The van der Waals surface area contributed by atoms with E-state index in [9.17, 15) is 5.11 Å². The lowest BCUT2D eigenvalue weighted by Crippen LogP contribution is -2.41. The van der Waals surface area contributed by atoms with Gasteiger partial charge in [0.15, 0.2) is 0 Å². The molecular formula is C14H20N2OS2. The smallest absolute Gasteiger partial charge is 0.124 e. The summed E-state index contributed by atoms with van der Waals surface area (Å²) in [6.07, 6.45) is 0. The highest BCUT2D eigenvalue weighted by Crippen LogP contribution is 2.25. The lowest BCUT2D eigenvalue weighted by Gasteiger charge is -2.27. The van der Waals surface area contributed by atoms with Crippen molar-refractivity contribution in [1.82, 2.24) is 10.3 Å². The molecule has 0 fully saturated rings. The molecule has 2 aromatic rings. The Hall–Kier alpha value is -0.750. The standard InChI is InChI=1S/C14H20N2OS2/c1-10(2)14(3,17)9-15-6-12-8-19-13(16-12)11-4-5-18-7-11/h4-5,7-8,10,15,17H,6,9H2,1-3H3. The number of nitrogens with zero attached hydrogens (tertiary/aromatic N) is 1. The van der Waals surface area contributed by atoms with E-state index in [1.165, 1.54) is 5.56 Å². The third-order valence-corrected chi connectivity index (χ3v) is 4.98. The number of hydrogen-bond acceptors (Lipinski definition) is 5. The molecule has 0 amide bonds. The molecular weight excluding hydrogens is 276 g/mol. The van der Waals surface area contributed by atoms with Gasteiger partial charge in [0.25, 0.3) is 0 Å². The molecule has 104 valence electrons. The lowest BCUT2D eigenvalue weighted by atomic mass is 9.92. The molecule has 0 aliphatic heterocycles. The Balaban J connectivity index is 1.88. The van der Waals surface area contributed by atoms with E-state index in [1.54, 1.807) is 22.7 Å². The van der Waals surface area contributed by atoms with Gasteiger partial charge in [-0.3, -0.25) is 0 Å². The molecule has 1 atom stereocenters. The summed E-state index contributed by atoms with van der Waals surface area (Å²) < 4.78 is 0. The number of aliphatic hydroxyl groups is 1. The van der Waals surface area contributed by atoms with Crippen molar-refractivity contribution in [2.24, 2.45) is 5.92 Å². The van der Waals surface area contributed by atoms with Crippen LogP contribution in [0.25, 0.3) is 10.6 Å². The summed E-state index contributed by atoms with van der Waals surface area (Å²) in [5.74, 6) is 0.233. The summed E-state index contributed by atoms with van der Waals surface area (Å²) in [5, 5.41) is 20.7. The van der Waals surface area contributed by atoms with Crippen LogP contribution >= 0.6 is 22.7 Å². The van der Waals surface area contributed by atoms with Crippen LogP contribution in [-0.2, 0) is 6.54 Å². The fourth-order valence-corrected chi connectivity index (χ4v) is 3.09. The molecule has 1 unspecified atom stereocenters. The van der Waals surface area contributed by atoms with Crippen LogP contribution in [0, 0.1) is 5.92 Å². The van der Waals surface area contributed by atoms with Crippen LogP contribution in [0.1, 0.15) is 26.5 Å². The van der Waals surface area contributed by atoms with Crippen molar-refractivity contribution >= 4 is 22.7 Å². The first-order valence-electron chi connectivity index (χ1n) is 6.39. The van der Waals surface area contributed by atoms with E-state index < -0.39 is 5.60 Å². The van der Waals surface area contributed by atoms with Crippen LogP contribution in [0.2, 0.25) is 0 Å². The second-order valence-corrected chi connectivity index (χ2v) is 6.91. The van der Waals surface area contributed by atoms with Crippen molar-refractivity contribution in [2.45, 2.75) is 32.9 Å². The van der Waals surface area contributed by atoms with Gasteiger partial charge in [-0.1, -0.05) is 13.8 Å². The number of rotatable bonds is 6. The van der Waals surface area contributed by atoms with Crippen molar-refractivity contribution in [2.75, 3.05) is 6.54 Å². The molecule has 0 aromatic carbocycles. The molecule has 0 aliphatic rings. The summed E-state index contributed by atoms with van der Waals surface area (Å²) in [4.78, 5) is 4.60. The fraction of sp³-hybridized carbons (Fsp3) is 0.500. The Morgan fingerprint density at radius 2 is 2.21 bits per heavy atom. The van der Waals surface area contributed by atoms with Gasteiger partial charge in [0.2, 0.25) is 0 Å². The van der Waals surface area contributed by atoms with E-state index >= 15 is 0 Å². The van der Waals surface area contributed by atoms with Crippen molar-refractivity contribution in [3.05, 3.63) is 27.9 Å². The Bertz CT molecular complexity index is 503. The molecule has 2 aromatic heterocycles. The Labute approximate surface area is 122 Å². The quantitative estimate of drug-likeness (QED) is 0.859. The van der Waals surface area contributed by atoms with Crippen molar-refractivity contribution in [3.63, 3.8) is 0 Å². The number of nitrogens with one attached hydrogen (secondary N) is 1. The number of thiazole rings is 1. The van der Waals surface area contributed by atoms with Gasteiger partial charge in [0.05, 0.1) is 11.3 Å². The fourth-order valence-electron chi connectivity index (χ4n) is 1.55. The first-order valence-corrected chi connectivity index (χ1v) is 8.21. The van der Waals surface area contributed by atoms with Gasteiger partial charge in [-0.2, -0.15) is 11.3 Å². The summed E-state index contributed by atoms with van der Waals surface area (Å²) >= 11 is 3.35. The number of aromatic nitrogens is 1. The zero-order valence-electron chi connectivity index (χ0n) is 11.5. The Morgan fingerprint density at radius 1 is 1.42 bits per heavy atom. The van der Waals surface area contributed by atoms with E-state index in [0.29, 0.717) is 13.1 Å². The minimum absolute atomic E-state index is 0.233. The highest BCUT2D eigenvalue weighted by Gasteiger charge is 2.24. The van der Waals surface area contributed by atoms with E-state index in [1.807, 2.05) is 20.8 Å². The highest BCUT2D eigenvalue weighted by molar-refractivity contribution is 7.14. The molecule has 0 aliphatic carbocycles. The monoisotopic (exact) mass is 296 g/mol. The van der Waals surface area contributed by atoms with Gasteiger partial charge < -0.3 is 10.4 Å². The summed E-state index contributed by atoms with van der Waals surface area (Å²) in [5.41, 5.74) is 1.55. The van der Waals surface area contributed by atoms with Gasteiger partial charge >= 0.3 is 0 Å². The van der Waals surface area contributed by atoms with Gasteiger partial charge in [-0.25, -0.2) is 4.98 Å². The zero-order chi connectivity index (χ0) is 13.9. The van der Waals surface area contributed by atoms with Crippen LogP contribution < -0.4 is 5.32 Å². The Kier molecular flexibility index (Phi) is 4.73. The SMILES string of the molecule is CC(C)C(C)(O)CNCc1csc(-c2ccsc2)n1. The largest absolute Gasteiger partial charge is 0.389 e. The predicted molar refractivity (Wildman–Crippen MR) is 82.6 cm³/mol. The topological polar surface area (TPSA) is 45.1 Å². The molecule has 0 saturated heterocycles. The molecule has 3 nitrogen and oxygen atoms in total. The van der Waals surface area contributed by atoms with Crippen molar-refractivity contribution in [1.29, 1.82) is 0 Å². The van der Waals surface area contributed by atoms with E-state index in [0.717, 1.165) is 10.7 Å². The third kappa shape index (κ3) is 3.86. The molecule has 19 heavy (non-hydrogen) atoms. The van der Waals surface area contributed by atoms with E-state index in [-0.39, 0.29) is 5.92 Å². The molecule has 2 N–H and O–H groups in total. The number of thiophene rings is 1. The molecule has 0 radical (unpaired) electrons. The summed E-state index contributed by atoms with van der Waals surface area (Å²) in [6.45, 7) is 7.19. The van der Waals surface area contributed by atoms with E-state index in [4.69, 9.17) is 0 Å². The number of hydrogen-bond donors (Lipinski definition) is 2. The van der Waals surface area contributed by atoms with Crippen molar-refractivity contribution in [3.8, 4) is 10.6 Å². The van der Waals surface area contributed by atoms with Crippen molar-refractivity contribution < 1.29 is 5.11 Å². The first-order chi connectivity index (χ1) is 8.99. The van der Waals surface area contributed by atoms with Gasteiger partial charge in [0, 0.05) is 29.4 Å². The average Bonchev–Trinajstić information content (AvgIpc) is 2.98. The second kappa shape index (κ2) is 6.13. The molecule has 0 bridgehead atoms. The predicted octanol–water partition coefficient (Wildman–Crippen LogP) is 3.37. The third-order valence-electron chi connectivity index (χ3n) is 3.35. The van der Waals surface area contributed by atoms with Gasteiger partial charge in [-0.05, 0) is 24.3 Å². The molecule has 0 spiro atoms. The molecule has 2 rings (SSSR count). The van der Waals surface area contributed by atoms with Crippen LogP contribution in [-0.4, -0.2) is 22.2 Å². The second-order valence-electron chi connectivity index (χ2n) is 5.27. The maximum Gasteiger partial charge on any atom is 0.124 e. The minimum atomic E-state index is -0.674. The summed E-state index contributed by atoms with van der Waals surface area (Å²) in [7, 11) is 0. The van der Waals surface area contributed by atoms with Gasteiger partial charge in [0.1, 0.15) is 5.01 Å². The highest BCUT2D eigenvalue weighted by atomic mass is 32.1. The van der Waals surface area contributed by atoms with Crippen LogP contribution in [0.15, 0.2) is 22.2 Å². The Morgan fingerprint density at radius 3 is 2.84 bits per heavy atom. The summed E-state index contributed by atoms with van der Waals surface area (Å²) in [6, 6.07) is 2.09. The molecule has 5 heteroatoms. The maximum atomic E-state index is 10.1. The van der Waals surface area contributed by atoms with E-state index in [2.05, 4.69) is 32.5 Å². The molecule has 0 saturated carbocycles. The van der Waals surface area contributed by atoms with Crippen LogP contribution in [0.3, 0.4) is 0 Å². The normalized spacial score (nSPS) is 14.8. The zero-order valence-corrected chi connectivity index (χ0v) is 13.1. The van der Waals surface area contributed by atoms with Gasteiger partial charge in [-0.15, -0.1) is 11.3 Å². The van der Waals surface area contributed by atoms with Crippen LogP contribution in [0.5, 0.6) is 0 Å². The first kappa shape index (κ1) is 14.7. The lowest BCUT2D eigenvalue weighted by molar-refractivity contribution is 0.0139. The van der Waals surface area contributed by atoms with Crippen LogP contribution in [0.4, 0.5) is 0 Å². The maximum absolute atomic E-state index is 10.1. The average molecular weight is 296 g/mol. The minimum Gasteiger partial charge on any atom is -0.389 e.